The second-order valence-corrected chi connectivity index (χ2v) is 7.96. The van der Waals surface area contributed by atoms with Gasteiger partial charge >= 0.3 is 0 Å². The predicted octanol–water partition coefficient (Wildman–Crippen LogP) is 4.15. The molecule has 0 amide bonds. The molecule has 0 radical (unpaired) electrons. The van der Waals surface area contributed by atoms with E-state index in [-0.39, 0.29) is 0 Å². The quantitative estimate of drug-likeness (QED) is 0.378. The molecule has 0 aliphatic rings. The van der Waals surface area contributed by atoms with E-state index in [1.54, 1.807) is 0 Å². The summed E-state index contributed by atoms with van der Waals surface area (Å²) in [6.45, 7) is 1.47. The van der Waals surface area contributed by atoms with E-state index in [2.05, 4.69) is 69.2 Å². The maximum atomic E-state index is 4.33. The van der Waals surface area contributed by atoms with Gasteiger partial charge in [-0.1, -0.05) is 95.4 Å². The van der Waals surface area contributed by atoms with Gasteiger partial charge in [0.1, 0.15) is 0 Å². The van der Waals surface area contributed by atoms with Gasteiger partial charge in [-0.2, -0.15) is 0 Å². The van der Waals surface area contributed by atoms with Gasteiger partial charge in [0.15, 0.2) is 0 Å². The molecule has 2 aromatic heterocycles. The van der Waals surface area contributed by atoms with Gasteiger partial charge in [0.25, 0.3) is 0 Å². The van der Waals surface area contributed by atoms with Crippen LogP contribution in [0, 0.1) is 0 Å². The summed E-state index contributed by atoms with van der Waals surface area (Å²) in [6, 6.07) is 29.2. The van der Waals surface area contributed by atoms with Gasteiger partial charge in [-0.05, 0) is 22.3 Å². The first-order valence-electron chi connectivity index (χ1n) is 10.7. The summed E-state index contributed by atoms with van der Waals surface area (Å²) in [6.07, 6.45) is 5.57. The summed E-state index contributed by atoms with van der Waals surface area (Å²) in [5, 5.41) is 17.2. The summed E-state index contributed by atoms with van der Waals surface area (Å²) in [5.41, 5.74) is 6.81. The van der Waals surface area contributed by atoms with Crippen LogP contribution in [0.4, 0.5) is 0 Å². The maximum Gasteiger partial charge on any atom is 0.0871 e. The Balaban J connectivity index is 1.17. The zero-order valence-corrected chi connectivity index (χ0v) is 17.7. The van der Waals surface area contributed by atoms with Crippen LogP contribution in [0.5, 0.6) is 0 Å². The monoisotopic (exact) mass is 420 g/mol. The van der Waals surface area contributed by atoms with Crippen molar-refractivity contribution in [3.8, 4) is 0 Å². The third-order valence-electron chi connectivity index (χ3n) is 5.34. The average Bonchev–Trinajstić information content (AvgIpc) is 3.46. The molecule has 32 heavy (non-hydrogen) atoms. The Kier molecular flexibility index (Phi) is 5.83. The van der Waals surface area contributed by atoms with Crippen LogP contribution in [-0.4, -0.2) is 30.0 Å². The molecule has 0 fully saturated rings. The standard InChI is InChI=1S/C26H24N6/c1-3-7-23(8-4-1)17-31-19-25(27-29-31)15-21-11-13-22(14-12-21)16-26-20-32(30-28-26)18-24-9-5-2-6-10-24/h1-14,19-20H,15-18H2. The van der Waals surface area contributed by atoms with E-state index in [1.165, 1.54) is 22.3 Å². The third-order valence-corrected chi connectivity index (χ3v) is 5.34. The molecule has 6 heteroatoms. The largest absolute Gasteiger partial charge is 0.248 e. The van der Waals surface area contributed by atoms with E-state index in [9.17, 15) is 0 Å². The first-order chi connectivity index (χ1) is 15.8. The molecule has 0 aliphatic heterocycles. The van der Waals surface area contributed by atoms with Crippen molar-refractivity contribution >= 4 is 0 Å². The molecule has 5 rings (SSSR count). The Bertz CT molecular complexity index is 1160. The van der Waals surface area contributed by atoms with Crippen molar-refractivity contribution < 1.29 is 0 Å². The minimum atomic E-state index is 0.734. The molecule has 0 bridgehead atoms. The second kappa shape index (κ2) is 9.39. The zero-order valence-electron chi connectivity index (χ0n) is 17.7. The van der Waals surface area contributed by atoms with Crippen LogP contribution < -0.4 is 0 Å². The van der Waals surface area contributed by atoms with E-state index in [0.29, 0.717) is 0 Å². The van der Waals surface area contributed by atoms with Crippen LogP contribution >= 0.6 is 0 Å². The number of nitrogens with zero attached hydrogens (tertiary/aromatic N) is 6. The molecular formula is C26H24N6. The van der Waals surface area contributed by atoms with Gasteiger partial charge in [-0.15, -0.1) is 10.2 Å². The Labute approximate surface area is 187 Å². The van der Waals surface area contributed by atoms with Crippen molar-refractivity contribution in [2.75, 3.05) is 0 Å². The number of hydrogen-bond acceptors (Lipinski definition) is 4. The number of aromatic nitrogens is 6. The first kappa shape index (κ1) is 19.9. The Hall–Kier alpha value is -4.06. The highest BCUT2D eigenvalue weighted by atomic mass is 15.4. The van der Waals surface area contributed by atoms with Gasteiger partial charge in [0.05, 0.1) is 24.5 Å². The van der Waals surface area contributed by atoms with E-state index >= 15 is 0 Å². The minimum Gasteiger partial charge on any atom is -0.248 e. The predicted molar refractivity (Wildman–Crippen MR) is 123 cm³/mol. The highest BCUT2D eigenvalue weighted by molar-refractivity contribution is 5.28. The van der Waals surface area contributed by atoms with E-state index in [4.69, 9.17) is 0 Å². The Morgan fingerprint density at radius 3 is 1.28 bits per heavy atom. The van der Waals surface area contributed by atoms with Crippen molar-refractivity contribution in [3.63, 3.8) is 0 Å². The van der Waals surface area contributed by atoms with E-state index < -0.39 is 0 Å². The van der Waals surface area contributed by atoms with E-state index in [0.717, 1.165) is 37.3 Å². The van der Waals surface area contributed by atoms with Gasteiger partial charge < -0.3 is 0 Å². The van der Waals surface area contributed by atoms with Crippen LogP contribution in [-0.2, 0) is 25.9 Å². The summed E-state index contributed by atoms with van der Waals surface area (Å²) >= 11 is 0. The summed E-state index contributed by atoms with van der Waals surface area (Å²) in [4.78, 5) is 0. The van der Waals surface area contributed by atoms with Crippen molar-refractivity contribution in [3.05, 3.63) is 131 Å². The normalized spacial score (nSPS) is 11.0. The molecule has 0 spiro atoms. The molecule has 0 aliphatic carbocycles. The first-order valence-corrected chi connectivity index (χ1v) is 10.7. The molecule has 3 aromatic carbocycles. The van der Waals surface area contributed by atoms with Gasteiger partial charge in [-0.3, -0.25) is 0 Å². The lowest BCUT2D eigenvalue weighted by Gasteiger charge is -2.02. The molecule has 0 N–H and O–H groups in total. The molecule has 5 aromatic rings. The van der Waals surface area contributed by atoms with Crippen molar-refractivity contribution in [1.82, 2.24) is 30.0 Å². The fourth-order valence-electron chi connectivity index (χ4n) is 3.73. The lowest BCUT2D eigenvalue weighted by Crippen LogP contribution is -1.99. The number of benzene rings is 3. The van der Waals surface area contributed by atoms with E-state index in [1.807, 2.05) is 58.2 Å². The topological polar surface area (TPSA) is 61.4 Å². The van der Waals surface area contributed by atoms with Crippen LogP contribution in [0.1, 0.15) is 33.6 Å². The van der Waals surface area contributed by atoms with Crippen LogP contribution in [0.2, 0.25) is 0 Å². The van der Waals surface area contributed by atoms with Gasteiger partial charge in [0.2, 0.25) is 0 Å². The molecule has 2 heterocycles. The SMILES string of the molecule is c1ccc(Cn2cc(Cc3ccc(Cc4cn(Cc5ccccc5)nn4)cc3)nn2)cc1. The van der Waals surface area contributed by atoms with Gasteiger partial charge in [0, 0.05) is 25.2 Å². The highest BCUT2D eigenvalue weighted by Crippen LogP contribution is 2.13. The Morgan fingerprint density at radius 1 is 0.469 bits per heavy atom. The van der Waals surface area contributed by atoms with Crippen LogP contribution in [0.3, 0.4) is 0 Å². The average molecular weight is 421 g/mol. The molecule has 0 saturated carbocycles. The number of hydrogen-bond donors (Lipinski definition) is 0. The lowest BCUT2D eigenvalue weighted by atomic mass is 10.1. The molecular weight excluding hydrogens is 396 g/mol. The summed E-state index contributed by atoms with van der Waals surface area (Å²) in [5.74, 6) is 0. The minimum absolute atomic E-state index is 0.734. The van der Waals surface area contributed by atoms with Gasteiger partial charge in [-0.25, -0.2) is 9.36 Å². The second-order valence-electron chi connectivity index (χ2n) is 7.96. The summed E-state index contributed by atoms with van der Waals surface area (Å²) in [7, 11) is 0. The van der Waals surface area contributed by atoms with Crippen molar-refractivity contribution in [2.45, 2.75) is 25.9 Å². The maximum absolute atomic E-state index is 4.33. The third kappa shape index (κ3) is 5.16. The molecule has 0 unspecified atom stereocenters. The molecule has 0 atom stereocenters. The fraction of sp³-hybridized carbons (Fsp3) is 0.154. The zero-order chi connectivity index (χ0) is 21.6. The molecule has 0 saturated heterocycles. The smallest absolute Gasteiger partial charge is 0.0871 e. The highest BCUT2D eigenvalue weighted by Gasteiger charge is 2.06. The van der Waals surface area contributed by atoms with Crippen molar-refractivity contribution in [1.29, 1.82) is 0 Å². The summed E-state index contributed by atoms with van der Waals surface area (Å²) < 4.78 is 3.77. The van der Waals surface area contributed by atoms with Crippen LogP contribution in [0.25, 0.3) is 0 Å². The number of rotatable bonds is 8. The molecule has 6 nitrogen and oxygen atoms in total. The lowest BCUT2D eigenvalue weighted by molar-refractivity contribution is 0.649. The van der Waals surface area contributed by atoms with Crippen molar-refractivity contribution in [2.24, 2.45) is 0 Å². The Morgan fingerprint density at radius 2 is 0.875 bits per heavy atom. The molecule has 158 valence electrons. The fourth-order valence-corrected chi connectivity index (χ4v) is 3.73. The van der Waals surface area contributed by atoms with Crippen LogP contribution in [0.15, 0.2) is 97.3 Å².